The number of nitrogens with zero attached hydrogens (tertiary/aromatic N) is 1. The van der Waals surface area contributed by atoms with Gasteiger partial charge >= 0.3 is 22.1 Å². The van der Waals surface area contributed by atoms with Gasteiger partial charge in [-0.1, -0.05) is 121 Å². The third-order valence-corrected chi connectivity index (χ3v) is 9.76. The van der Waals surface area contributed by atoms with Crippen molar-refractivity contribution in [3.05, 3.63) is 177 Å². The van der Waals surface area contributed by atoms with Crippen molar-refractivity contribution in [3.8, 4) is 0 Å². The van der Waals surface area contributed by atoms with Crippen molar-refractivity contribution in [1.29, 1.82) is 0 Å². The van der Waals surface area contributed by atoms with Crippen LogP contribution in [0.25, 0.3) is 0 Å². The van der Waals surface area contributed by atoms with E-state index in [1.807, 2.05) is 121 Å². The highest BCUT2D eigenvalue weighted by molar-refractivity contribution is 7.85. The lowest BCUT2D eigenvalue weighted by Crippen LogP contribution is -2.62. The molecule has 6 rings (SSSR count). The molecule has 0 radical (unpaired) electrons. The van der Waals surface area contributed by atoms with Crippen LogP contribution >= 0.6 is 0 Å². The smallest absolute Gasteiger partial charge is 0.416 e. The molecule has 1 aliphatic heterocycles. The number of carbonyl (C=O) groups is 1. The second-order valence-corrected chi connectivity index (χ2v) is 14.6. The Morgan fingerprint density at radius 2 is 1.15 bits per heavy atom. The molecule has 17 heteroatoms. The topological polar surface area (TPSA) is 192 Å². The molecule has 0 bridgehead atoms. The molecule has 16 nitrogen and oxygen atoms in total. The quantitative estimate of drug-likeness (QED) is 0.100. The molecule has 0 spiro atoms. The first kappa shape index (κ1) is 43.1. The number of ether oxygens (including phenoxy) is 7. The number of rotatable bonds is 21. The predicted molar refractivity (Wildman–Crippen MR) is 212 cm³/mol. The number of hydrogen-bond donors (Lipinski definition) is 2. The molecule has 1 aliphatic rings. The number of hydrogen-bond acceptors (Lipinski definition) is 13. The molecule has 1 amide bonds. The molecular formula is C42H45N3O13S. The zero-order valence-corrected chi connectivity index (χ0v) is 32.7. The van der Waals surface area contributed by atoms with Crippen molar-refractivity contribution in [3.63, 3.8) is 0 Å². The van der Waals surface area contributed by atoms with Crippen LogP contribution in [-0.2, 0) is 80.8 Å². The fraction of sp³-hybridized carbons (Fsp3) is 0.310. The zero-order chi connectivity index (χ0) is 41.3. The molecule has 1 fully saturated rings. The maximum Gasteiger partial charge on any atom is 0.425 e. The Morgan fingerprint density at radius 3 is 1.69 bits per heavy atom. The van der Waals surface area contributed by atoms with E-state index in [2.05, 4.69) is 4.98 Å². The van der Waals surface area contributed by atoms with E-state index in [-0.39, 0.29) is 46.4 Å². The van der Waals surface area contributed by atoms with Crippen LogP contribution in [0, 0.1) is 0 Å². The largest absolute Gasteiger partial charge is 0.425 e. The summed E-state index contributed by atoms with van der Waals surface area (Å²) in [6, 6.07) is 39.0. The standard InChI is InChI=1S/C42H45N3O13S/c46-36-21-22-45(41(47)43-36)30-51-23-24-56-59(49,50)44-42(48)58-40-39(55-28-34-19-11-4-12-20-34)38(54-27-33-17-9-3-10-18-33)37(53-26-32-15-7-2-8-16-32)35(57-40)29-52-25-31-13-5-1-6-14-31/h1-22,35,37-40H,23-30H2,(H,44,48)(H,43,46,47)/t35-,37-,38+,39-,40-/m1/s1. The lowest BCUT2D eigenvalue weighted by molar-refractivity contribution is -0.315. The van der Waals surface area contributed by atoms with Crippen molar-refractivity contribution in [2.45, 2.75) is 63.9 Å². The van der Waals surface area contributed by atoms with Crippen LogP contribution in [0.15, 0.2) is 143 Å². The summed E-state index contributed by atoms with van der Waals surface area (Å²) in [4.78, 5) is 38.5. The van der Waals surface area contributed by atoms with Crippen LogP contribution in [0.5, 0.6) is 0 Å². The summed E-state index contributed by atoms with van der Waals surface area (Å²) >= 11 is 0. The Hall–Kier alpha value is -5.50. The lowest BCUT2D eigenvalue weighted by Gasteiger charge is -2.45. The first-order valence-corrected chi connectivity index (χ1v) is 20.1. The molecule has 2 heterocycles. The average Bonchev–Trinajstić information content (AvgIpc) is 3.24. The molecule has 4 aromatic carbocycles. The van der Waals surface area contributed by atoms with Crippen molar-refractivity contribution in [1.82, 2.24) is 14.3 Å². The van der Waals surface area contributed by atoms with Gasteiger partial charge in [0.25, 0.3) is 5.56 Å². The Balaban J connectivity index is 1.20. The van der Waals surface area contributed by atoms with Gasteiger partial charge in [-0.05, 0) is 22.3 Å². The fourth-order valence-electron chi connectivity index (χ4n) is 6.01. The highest BCUT2D eigenvalue weighted by Gasteiger charge is 2.50. The predicted octanol–water partition coefficient (Wildman–Crippen LogP) is 4.20. The van der Waals surface area contributed by atoms with E-state index in [0.717, 1.165) is 32.9 Å². The zero-order valence-electron chi connectivity index (χ0n) is 31.9. The van der Waals surface area contributed by atoms with Gasteiger partial charge in [0.1, 0.15) is 31.1 Å². The molecule has 5 atom stereocenters. The Morgan fingerprint density at radius 1 is 0.644 bits per heavy atom. The Labute approximate surface area is 340 Å². The molecule has 312 valence electrons. The Bertz CT molecular complexity index is 2250. The van der Waals surface area contributed by atoms with Crippen LogP contribution < -0.4 is 16.0 Å². The number of carbonyl (C=O) groups excluding carboxylic acids is 1. The van der Waals surface area contributed by atoms with E-state index in [4.69, 9.17) is 37.3 Å². The van der Waals surface area contributed by atoms with Crippen LogP contribution in [0.1, 0.15) is 22.3 Å². The van der Waals surface area contributed by atoms with E-state index in [1.165, 1.54) is 6.20 Å². The number of amides is 1. The molecule has 2 N–H and O–H groups in total. The first-order chi connectivity index (χ1) is 28.7. The first-order valence-electron chi connectivity index (χ1n) is 18.7. The highest BCUT2D eigenvalue weighted by atomic mass is 32.2. The van der Waals surface area contributed by atoms with E-state index < -0.39 is 65.0 Å². The second kappa shape index (κ2) is 22.0. The van der Waals surface area contributed by atoms with E-state index in [1.54, 1.807) is 4.72 Å². The number of aromatic nitrogens is 2. The average molecular weight is 832 g/mol. The number of nitrogens with one attached hydrogen (secondary N) is 2. The Kier molecular flexibility index (Phi) is 16.1. The van der Waals surface area contributed by atoms with Crippen LogP contribution in [0.4, 0.5) is 4.79 Å². The third-order valence-electron chi connectivity index (χ3n) is 8.87. The second-order valence-electron chi connectivity index (χ2n) is 13.2. The number of benzene rings is 4. The van der Waals surface area contributed by atoms with E-state index in [0.29, 0.717) is 0 Å². The highest BCUT2D eigenvalue weighted by Crippen LogP contribution is 2.32. The van der Waals surface area contributed by atoms with Gasteiger partial charge in [0.15, 0.2) is 0 Å². The summed E-state index contributed by atoms with van der Waals surface area (Å²) < 4.78 is 76.4. The maximum atomic E-state index is 13.3. The molecular weight excluding hydrogens is 787 g/mol. The minimum absolute atomic E-state index is 0.0287. The molecule has 59 heavy (non-hydrogen) atoms. The monoisotopic (exact) mass is 831 g/mol. The summed E-state index contributed by atoms with van der Waals surface area (Å²) in [5.41, 5.74) is 2.17. The van der Waals surface area contributed by atoms with Gasteiger partial charge < -0.3 is 33.2 Å². The summed E-state index contributed by atoms with van der Waals surface area (Å²) in [7, 11) is -4.73. The molecule has 1 saturated heterocycles. The normalized spacial score (nSPS) is 19.2. The van der Waals surface area contributed by atoms with Gasteiger partial charge in [0, 0.05) is 12.3 Å². The lowest BCUT2D eigenvalue weighted by atomic mass is 9.97. The summed E-state index contributed by atoms with van der Waals surface area (Å²) in [6.45, 7) is -0.556. The number of aromatic amines is 1. The maximum absolute atomic E-state index is 13.3. The van der Waals surface area contributed by atoms with Crippen molar-refractivity contribution in [2.24, 2.45) is 0 Å². The molecule has 0 aliphatic carbocycles. The van der Waals surface area contributed by atoms with Gasteiger partial charge in [0.2, 0.25) is 6.29 Å². The summed E-state index contributed by atoms with van der Waals surface area (Å²) in [6.07, 6.45) is -5.57. The van der Waals surface area contributed by atoms with Gasteiger partial charge in [-0.15, -0.1) is 0 Å². The summed E-state index contributed by atoms with van der Waals surface area (Å²) in [5, 5.41) is 0. The minimum atomic E-state index is -4.73. The third kappa shape index (κ3) is 13.8. The van der Waals surface area contributed by atoms with Crippen LogP contribution in [-0.4, -0.2) is 74.6 Å². The number of H-pyrrole nitrogens is 1. The fourth-order valence-corrected chi connectivity index (χ4v) is 6.61. The van der Waals surface area contributed by atoms with Gasteiger partial charge in [0.05, 0.1) is 46.2 Å². The minimum Gasteiger partial charge on any atom is -0.416 e. The van der Waals surface area contributed by atoms with Crippen LogP contribution in [0.2, 0.25) is 0 Å². The van der Waals surface area contributed by atoms with Crippen molar-refractivity contribution in [2.75, 3.05) is 19.8 Å². The van der Waals surface area contributed by atoms with Gasteiger partial charge in [-0.3, -0.25) is 18.5 Å². The van der Waals surface area contributed by atoms with Crippen molar-refractivity contribution < 1.29 is 50.6 Å². The van der Waals surface area contributed by atoms with Crippen LogP contribution in [0.3, 0.4) is 0 Å². The SMILES string of the molecule is O=C(NS(=O)(=O)OCCOCn1ccc(=O)[nH]c1=O)O[C@H]1O[C@H](COCc2ccccc2)[C@@H](OCc2ccccc2)[C@H](OCc2ccccc2)[C@H]1OCc1ccccc1. The van der Waals surface area contributed by atoms with Gasteiger partial charge in [-0.2, -0.15) is 13.1 Å². The van der Waals surface area contributed by atoms with Crippen molar-refractivity contribution >= 4 is 16.4 Å². The molecule has 0 unspecified atom stereocenters. The summed E-state index contributed by atoms with van der Waals surface area (Å²) in [5.74, 6) is 0. The van der Waals surface area contributed by atoms with E-state index >= 15 is 0 Å². The molecule has 5 aromatic rings. The van der Waals surface area contributed by atoms with E-state index in [9.17, 15) is 22.8 Å². The van der Waals surface area contributed by atoms with Gasteiger partial charge in [-0.25, -0.2) is 9.59 Å². The molecule has 1 aromatic heterocycles. The molecule has 0 saturated carbocycles.